The van der Waals surface area contributed by atoms with Gasteiger partial charge < -0.3 is 15.3 Å². The van der Waals surface area contributed by atoms with E-state index in [0.717, 1.165) is 27.8 Å². The molecule has 1 amide bonds. The van der Waals surface area contributed by atoms with Gasteiger partial charge in [0.15, 0.2) is 5.78 Å². The Morgan fingerprint density at radius 2 is 1.85 bits per heavy atom. The first-order valence-corrected chi connectivity index (χ1v) is 11.0. The molecular weight excluding hydrogens is 449 g/mol. The van der Waals surface area contributed by atoms with E-state index in [0.29, 0.717) is 24.0 Å². The van der Waals surface area contributed by atoms with Gasteiger partial charge in [-0.1, -0.05) is 17.8 Å². The lowest BCUT2D eigenvalue weighted by Gasteiger charge is -2.29. The number of alkyl halides is 3. The van der Waals surface area contributed by atoms with Crippen molar-refractivity contribution in [1.82, 2.24) is 5.32 Å². The fraction of sp³-hybridized carbons (Fsp3) is 0.480. The second kappa shape index (κ2) is 11.4. The number of hydrogen-bond acceptors (Lipinski definition) is 5. The van der Waals surface area contributed by atoms with Gasteiger partial charge in [-0.3, -0.25) is 9.59 Å². The molecule has 0 saturated carbocycles. The first-order chi connectivity index (χ1) is 15.9. The molecule has 0 fully saturated rings. The van der Waals surface area contributed by atoms with E-state index in [1.54, 1.807) is 19.9 Å². The van der Waals surface area contributed by atoms with E-state index < -0.39 is 12.1 Å². The molecule has 0 saturated heterocycles. The van der Waals surface area contributed by atoms with Gasteiger partial charge in [0.05, 0.1) is 5.76 Å². The lowest BCUT2D eigenvalue weighted by Crippen LogP contribution is -2.36. The molecule has 0 heterocycles. The Hall–Kier alpha value is -3.10. The smallest absolute Gasteiger partial charge is 0.471 e. The molecule has 0 aromatic heterocycles. The predicted molar refractivity (Wildman–Crippen MR) is 124 cm³/mol. The van der Waals surface area contributed by atoms with Crippen LogP contribution in [0.3, 0.4) is 0 Å². The molecule has 0 spiro atoms. The van der Waals surface area contributed by atoms with Gasteiger partial charge in [0.1, 0.15) is 6.61 Å². The van der Waals surface area contributed by atoms with Crippen molar-refractivity contribution >= 4 is 17.9 Å². The minimum absolute atomic E-state index is 0.0191. The molecule has 0 aliphatic heterocycles. The zero-order valence-electron chi connectivity index (χ0n) is 19.9. The molecule has 1 aliphatic rings. The Morgan fingerprint density at radius 1 is 1.18 bits per heavy atom. The number of amides is 1. The zero-order valence-corrected chi connectivity index (χ0v) is 19.9. The second-order valence-electron chi connectivity index (χ2n) is 8.44. The first kappa shape index (κ1) is 27.1. The van der Waals surface area contributed by atoms with E-state index in [4.69, 9.17) is 4.84 Å². The van der Waals surface area contributed by atoms with E-state index >= 15 is 0 Å². The SMILES string of the molecule is C=CCON=CCCC1=C(O)CC(c2c(C)c(C)c(C)c(CNC(=O)C(F)(F)F)c2C)CC1=O. The number of nitrogens with zero attached hydrogens (tertiary/aromatic N) is 1. The van der Waals surface area contributed by atoms with Crippen molar-refractivity contribution in [3.05, 3.63) is 57.4 Å². The number of Topliss-reactive ketones (excluding diaryl/α,β-unsaturated/α-hetero) is 1. The Balaban J connectivity index is 2.28. The molecule has 186 valence electrons. The van der Waals surface area contributed by atoms with E-state index in [1.165, 1.54) is 6.21 Å². The zero-order chi connectivity index (χ0) is 25.6. The van der Waals surface area contributed by atoms with Crippen molar-refractivity contribution in [2.45, 2.75) is 72.0 Å². The molecule has 0 radical (unpaired) electrons. The Labute approximate surface area is 197 Å². The van der Waals surface area contributed by atoms with Crippen LogP contribution in [-0.2, 0) is 21.0 Å². The number of halogens is 3. The highest BCUT2D eigenvalue weighted by Gasteiger charge is 2.38. The number of nitrogens with one attached hydrogen (secondary N) is 1. The van der Waals surface area contributed by atoms with Gasteiger partial charge in [0.25, 0.3) is 0 Å². The maximum atomic E-state index is 12.9. The second-order valence-corrected chi connectivity index (χ2v) is 8.44. The third-order valence-electron chi connectivity index (χ3n) is 6.35. The lowest BCUT2D eigenvalue weighted by atomic mass is 9.76. The van der Waals surface area contributed by atoms with Gasteiger partial charge in [-0.15, -0.1) is 0 Å². The van der Waals surface area contributed by atoms with E-state index in [-0.39, 0.29) is 43.5 Å². The van der Waals surface area contributed by atoms with Gasteiger partial charge in [-0.25, -0.2) is 0 Å². The number of carbonyl (C=O) groups is 2. The molecule has 6 nitrogen and oxygen atoms in total. The average Bonchev–Trinajstić information content (AvgIpc) is 2.75. The standard InChI is InChI=1S/C25H31F3N2O4/c1-6-10-34-30-9-7-8-19-21(31)11-18(12-22(19)32)23-16(4)14(2)15(3)20(17(23)5)13-29-24(33)25(26,27)28/h6,9,18,31H,1,7-8,10-13H2,2-5H3,(H,29,33). The highest BCUT2D eigenvalue weighted by molar-refractivity contribution is 5.97. The highest BCUT2D eigenvalue weighted by Crippen LogP contribution is 2.40. The van der Waals surface area contributed by atoms with Crippen LogP contribution >= 0.6 is 0 Å². The van der Waals surface area contributed by atoms with Gasteiger partial charge in [-0.05, 0) is 79.8 Å². The van der Waals surface area contributed by atoms with Crippen molar-refractivity contribution in [1.29, 1.82) is 0 Å². The topological polar surface area (TPSA) is 88.0 Å². The average molecular weight is 481 g/mol. The van der Waals surface area contributed by atoms with Crippen LogP contribution in [0.1, 0.15) is 65.0 Å². The van der Waals surface area contributed by atoms with Crippen LogP contribution in [0.4, 0.5) is 13.2 Å². The summed E-state index contributed by atoms with van der Waals surface area (Å²) in [6, 6.07) is 0. The minimum atomic E-state index is -4.96. The summed E-state index contributed by atoms with van der Waals surface area (Å²) in [5.74, 6) is -2.46. The summed E-state index contributed by atoms with van der Waals surface area (Å²) in [5, 5.41) is 16.3. The van der Waals surface area contributed by atoms with E-state index in [1.807, 2.05) is 19.2 Å². The van der Waals surface area contributed by atoms with Crippen molar-refractivity contribution in [2.24, 2.45) is 5.16 Å². The number of aliphatic hydroxyl groups is 1. The third kappa shape index (κ3) is 6.27. The summed E-state index contributed by atoms with van der Waals surface area (Å²) in [7, 11) is 0. The van der Waals surface area contributed by atoms with Crippen molar-refractivity contribution < 1.29 is 32.7 Å². The lowest BCUT2D eigenvalue weighted by molar-refractivity contribution is -0.173. The molecule has 34 heavy (non-hydrogen) atoms. The number of oxime groups is 1. The number of carbonyl (C=O) groups excluding carboxylic acids is 2. The summed E-state index contributed by atoms with van der Waals surface area (Å²) in [5.41, 5.74) is 5.12. The van der Waals surface area contributed by atoms with Crippen LogP contribution in [0.25, 0.3) is 0 Å². The van der Waals surface area contributed by atoms with Gasteiger partial charge in [-0.2, -0.15) is 13.2 Å². The van der Waals surface area contributed by atoms with Crippen LogP contribution in [0, 0.1) is 27.7 Å². The first-order valence-electron chi connectivity index (χ1n) is 11.0. The number of benzene rings is 1. The summed E-state index contributed by atoms with van der Waals surface area (Å²) >= 11 is 0. The highest BCUT2D eigenvalue weighted by atomic mass is 19.4. The molecule has 0 bridgehead atoms. The maximum absolute atomic E-state index is 12.9. The van der Waals surface area contributed by atoms with Crippen molar-refractivity contribution in [3.63, 3.8) is 0 Å². The van der Waals surface area contributed by atoms with Gasteiger partial charge in [0.2, 0.25) is 0 Å². The Morgan fingerprint density at radius 3 is 2.44 bits per heavy atom. The monoisotopic (exact) mass is 480 g/mol. The van der Waals surface area contributed by atoms with E-state index in [2.05, 4.69) is 11.7 Å². The molecule has 9 heteroatoms. The normalized spacial score (nSPS) is 16.8. The van der Waals surface area contributed by atoms with E-state index in [9.17, 15) is 27.9 Å². The van der Waals surface area contributed by atoms with Crippen LogP contribution < -0.4 is 5.32 Å². The molecular formula is C25H31F3N2O4. The molecule has 2 rings (SSSR count). The van der Waals surface area contributed by atoms with Crippen LogP contribution in [0.15, 0.2) is 29.1 Å². The Bertz CT molecular complexity index is 1030. The maximum Gasteiger partial charge on any atom is 0.471 e. The summed E-state index contributed by atoms with van der Waals surface area (Å²) in [6.07, 6.45) is -0.678. The van der Waals surface area contributed by atoms with Gasteiger partial charge in [0, 0.05) is 31.2 Å². The van der Waals surface area contributed by atoms with Gasteiger partial charge >= 0.3 is 12.1 Å². The molecule has 2 N–H and O–H groups in total. The number of hydrogen-bond donors (Lipinski definition) is 2. The molecule has 1 atom stereocenters. The predicted octanol–water partition coefficient (Wildman–Crippen LogP) is 5.33. The molecule has 1 aromatic rings. The number of ketones is 1. The van der Waals surface area contributed by atoms with Crippen molar-refractivity contribution in [2.75, 3.05) is 6.61 Å². The quantitative estimate of drug-likeness (QED) is 0.217. The summed E-state index contributed by atoms with van der Waals surface area (Å²) in [6.45, 7) is 10.9. The number of rotatable bonds is 9. The van der Waals surface area contributed by atoms with Crippen LogP contribution in [0.5, 0.6) is 0 Å². The van der Waals surface area contributed by atoms with Crippen LogP contribution in [0.2, 0.25) is 0 Å². The summed E-state index contributed by atoms with van der Waals surface area (Å²) in [4.78, 5) is 29.1. The molecule has 1 unspecified atom stereocenters. The molecule has 1 aromatic carbocycles. The van der Waals surface area contributed by atoms with Crippen LogP contribution in [-0.4, -0.2) is 35.8 Å². The summed E-state index contributed by atoms with van der Waals surface area (Å²) < 4.78 is 38.0. The fourth-order valence-electron chi connectivity index (χ4n) is 4.42. The fourth-order valence-corrected chi connectivity index (χ4v) is 4.42. The number of allylic oxidation sites excluding steroid dienone is 2. The minimum Gasteiger partial charge on any atom is -0.512 e. The third-order valence-corrected chi connectivity index (χ3v) is 6.35. The Kier molecular flexibility index (Phi) is 9.06. The number of aliphatic hydroxyl groups excluding tert-OH is 1. The molecule has 1 aliphatic carbocycles. The largest absolute Gasteiger partial charge is 0.512 e. The van der Waals surface area contributed by atoms with Crippen molar-refractivity contribution in [3.8, 4) is 0 Å².